The summed E-state index contributed by atoms with van der Waals surface area (Å²) in [6, 6.07) is 13.7. The number of aryl methyl sites for hydroxylation is 1. The van der Waals surface area contributed by atoms with Crippen LogP contribution in [0.15, 0.2) is 47.4 Å². The Hall–Kier alpha value is -2.31. The summed E-state index contributed by atoms with van der Waals surface area (Å²) < 4.78 is 11.8. The number of ether oxygens (including phenoxy) is 2. The number of amides is 1. The Bertz CT molecular complexity index is 861. The molecule has 0 aromatic heterocycles. The lowest BCUT2D eigenvalue weighted by Gasteiger charge is -2.12. The molecule has 3 rings (SSSR count). The molecule has 6 heteroatoms. The second kappa shape index (κ2) is 7.72. The number of carbonyl (C=O) groups excluding carboxylic acids is 1. The molecule has 0 spiro atoms. The van der Waals surface area contributed by atoms with Crippen LogP contribution in [-0.4, -0.2) is 17.3 Å². The van der Waals surface area contributed by atoms with Crippen molar-refractivity contribution in [2.45, 2.75) is 13.5 Å². The fourth-order valence-corrected chi connectivity index (χ4v) is 3.44. The molecule has 2 aromatic carbocycles. The highest BCUT2D eigenvalue weighted by Gasteiger charge is 2.22. The predicted molar refractivity (Wildman–Crippen MR) is 105 cm³/mol. The summed E-state index contributed by atoms with van der Waals surface area (Å²) in [7, 11) is 1.60. The molecule has 0 bridgehead atoms. The monoisotopic (exact) mass is 371 g/mol. The number of hydrogen-bond donors (Lipinski definition) is 1. The van der Waals surface area contributed by atoms with Gasteiger partial charge in [-0.05, 0) is 41.8 Å². The highest BCUT2D eigenvalue weighted by molar-refractivity contribution is 8.26. The van der Waals surface area contributed by atoms with Crippen LogP contribution in [0.3, 0.4) is 0 Å². The number of thiocarbonyl (C=S) groups is 1. The van der Waals surface area contributed by atoms with Crippen molar-refractivity contribution in [2.75, 3.05) is 7.11 Å². The summed E-state index contributed by atoms with van der Waals surface area (Å²) in [4.78, 5) is 12.3. The molecule has 1 amide bonds. The molecule has 0 unspecified atom stereocenters. The number of hydrogen-bond acceptors (Lipinski definition) is 5. The molecule has 4 nitrogen and oxygen atoms in total. The maximum atomic E-state index is 11.8. The summed E-state index contributed by atoms with van der Waals surface area (Å²) in [6.07, 6.45) is 1.78. The molecule has 1 aliphatic rings. The van der Waals surface area contributed by atoms with Gasteiger partial charge in [0.15, 0.2) is 11.5 Å². The number of rotatable bonds is 5. The van der Waals surface area contributed by atoms with Crippen molar-refractivity contribution in [2.24, 2.45) is 0 Å². The summed E-state index contributed by atoms with van der Waals surface area (Å²) in [5.41, 5.74) is 3.16. The number of methoxy groups -OCH3 is 1. The molecule has 0 atom stereocenters. The van der Waals surface area contributed by atoms with Gasteiger partial charge in [-0.25, -0.2) is 0 Å². The fraction of sp³-hybridized carbons (Fsp3) is 0.158. The van der Waals surface area contributed by atoms with Crippen LogP contribution in [0.5, 0.6) is 11.5 Å². The summed E-state index contributed by atoms with van der Waals surface area (Å²) >= 11 is 6.25. The Morgan fingerprint density at radius 1 is 1.20 bits per heavy atom. The minimum Gasteiger partial charge on any atom is -0.493 e. The van der Waals surface area contributed by atoms with Gasteiger partial charge in [-0.3, -0.25) is 4.79 Å². The van der Waals surface area contributed by atoms with Crippen molar-refractivity contribution in [3.63, 3.8) is 0 Å². The van der Waals surface area contributed by atoms with Gasteiger partial charge < -0.3 is 14.8 Å². The first-order valence-corrected chi connectivity index (χ1v) is 8.89. The fourth-order valence-electron chi connectivity index (χ4n) is 2.39. The third-order valence-electron chi connectivity index (χ3n) is 3.77. The molecule has 1 fully saturated rings. The Morgan fingerprint density at radius 3 is 2.68 bits per heavy atom. The molecule has 0 radical (unpaired) electrons. The van der Waals surface area contributed by atoms with Gasteiger partial charge in [-0.2, -0.15) is 0 Å². The molecule has 2 aromatic rings. The standard InChI is InChI=1S/C19H17NO3S2/c1-12-5-3-4-6-14(12)11-23-15-8-7-13(9-16(15)22-2)10-17-18(21)20-19(24)25-17/h3-10H,11H2,1-2H3,(H,20,21,24). The highest BCUT2D eigenvalue weighted by Crippen LogP contribution is 2.32. The Kier molecular flexibility index (Phi) is 5.40. The molecular weight excluding hydrogens is 354 g/mol. The first-order valence-electron chi connectivity index (χ1n) is 7.67. The average molecular weight is 371 g/mol. The lowest BCUT2D eigenvalue weighted by molar-refractivity contribution is -0.115. The first-order chi connectivity index (χ1) is 12.1. The van der Waals surface area contributed by atoms with Gasteiger partial charge in [0.05, 0.1) is 12.0 Å². The Balaban J connectivity index is 1.78. The van der Waals surface area contributed by atoms with Crippen molar-refractivity contribution in [3.8, 4) is 11.5 Å². The molecule has 1 heterocycles. The van der Waals surface area contributed by atoms with E-state index in [4.69, 9.17) is 21.7 Å². The van der Waals surface area contributed by atoms with E-state index in [-0.39, 0.29) is 5.91 Å². The number of thioether (sulfide) groups is 1. The first kappa shape index (κ1) is 17.5. The van der Waals surface area contributed by atoms with Crippen molar-refractivity contribution in [1.82, 2.24) is 5.32 Å². The van der Waals surface area contributed by atoms with E-state index in [1.54, 1.807) is 13.2 Å². The second-order valence-electron chi connectivity index (χ2n) is 5.48. The number of carbonyl (C=O) groups is 1. The van der Waals surface area contributed by atoms with E-state index in [1.807, 2.05) is 36.4 Å². The van der Waals surface area contributed by atoms with E-state index < -0.39 is 0 Å². The van der Waals surface area contributed by atoms with Gasteiger partial charge in [0.1, 0.15) is 10.9 Å². The topological polar surface area (TPSA) is 47.6 Å². The van der Waals surface area contributed by atoms with E-state index in [0.29, 0.717) is 27.3 Å². The lowest BCUT2D eigenvalue weighted by Crippen LogP contribution is -2.17. The SMILES string of the molecule is COc1cc(C=C2SC(=S)NC2=O)ccc1OCc1ccccc1C. The molecule has 1 saturated heterocycles. The van der Waals surface area contributed by atoms with Crippen LogP contribution in [0.25, 0.3) is 6.08 Å². The summed E-state index contributed by atoms with van der Waals surface area (Å²) in [6.45, 7) is 2.52. The van der Waals surface area contributed by atoms with Crippen molar-refractivity contribution < 1.29 is 14.3 Å². The molecule has 0 aliphatic carbocycles. The third-order valence-corrected chi connectivity index (χ3v) is 4.93. The van der Waals surface area contributed by atoms with Gasteiger partial charge in [-0.15, -0.1) is 0 Å². The van der Waals surface area contributed by atoms with Gasteiger partial charge in [0, 0.05) is 0 Å². The van der Waals surface area contributed by atoms with Crippen LogP contribution < -0.4 is 14.8 Å². The maximum absolute atomic E-state index is 11.8. The normalized spacial score (nSPS) is 15.4. The van der Waals surface area contributed by atoms with E-state index in [9.17, 15) is 4.79 Å². The van der Waals surface area contributed by atoms with Gasteiger partial charge in [0.25, 0.3) is 5.91 Å². The summed E-state index contributed by atoms with van der Waals surface area (Å²) in [5, 5.41) is 2.60. The average Bonchev–Trinajstić information content (AvgIpc) is 2.92. The minimum atomic E-state index is -0.172. The van der Waals surface area contributed by atoms with Gasteiger partial charge >= 0.3 is 0 Å². The second-order valence-corrected chi connectivity index (χ2v) is 7.20. The molecule has 0 saturated carbocycles. The van der Waals surface area contributed by atoms with E-state index in [2.05, 4.69) is 18.3 Å². The van der Waals surface area contributed by atoms with Crippen LogP contribution in [0.1, 0.15) is 16.7 Å². The molecule has 1 N–H and O–H groups in total. The quantitative estimate of drug-likeness (QED) is 0.634. The zero-order valence-corrected chi connectivity index (χ0v) is 15.5. The number of benzene rings is 2. The van der Waals surface area contributed by atoms with Crippen molar-refractivity contribution >= 4 is 40.3 Å². The zero-order valence-electron chi connectivity index (χ0n) is 13.9. The van der Waals surface area contributed by atoms with E-state index in [1.165, 1.54) is 17.3 Å². The third kappa shape index (κ3) is 4.21. The van der Waals surface area contributed by atoms with Crippen molar-refractivity contribution in [3.05, 3.63) is 64.1 Å². The summed E-state index contributed by atoms with van der Waals surface area (Å²) in [5.74, 6) is 1.11. The van der Waals surface area contributed by atoms with Crippen LogP contribution in [0.4, 0.5) is 0 Å². The zero-order chi connectivity index (χ0) is 17.8. The van der Waals surface area contributed by atoms with E-state index in [0.717, 1.165) is 11.1 Å². The van der Waals surface area contributed by atoms with E-state index >= 15 is 0 Å². The molecular formula is C19H17NO3S2. The van der Waals surface area contributed by atoms with Crippen LogP contribution in [-0.2, 0) is 11.4 Å². The molecule has 128 valence electrons. The van der Waals surface area contributed by atoms with Crippen LogP contribution in [0, 0.1) is 6.92 Å². The minimum absolute atomic E-state index is 0.172. The van der Waals surface area contributed by atoms with Gasteiger partial charge in [0.2, 0.25) is 0 Å². The predicted octanol–water partition coefficient (Wildman–Crippen LogP) is 4.07. The highest BCUT2D eigenvalue weighted by atomic mass is 32.2. The largest absolute Gasteiger partial charge is 0.493 e. The van der Waals surface area contributed by atoms with Crippen LogP contribution in [0.2, 0.25) is 0 Å². The Labute approximate surface area is 156 Å². The molecule has 25 heavy (non-hydrogen) atoms. The van der Waals surface area contributed by atoms with Crippen LogP contribution >= 0.6 is 24.0 Å². The van der Waals surface area contributed by atoms with Gasteiger partial charge in [-0.1, -0.05) is 54.3 Å². The Morgan fingerprint density at radius 2 is 2.00 bits per heavy atom. The smallest absolute Gasteiger partial charge is 0.263 e. The molecule has 1 aliphatic heterocycles. The lowest BCUT2D eigenvalue weighted by atomic mass is 10.1. The number of nitrogens with one attached hydrogen (secondary N) is 1. The van der Waals surface area contributed by atoms with Crippen molar-refractivity contribution in [1.29, 1.82) is 0 Å². The maximum Gasteiger partial charge on any atom is 0.263 e.